The van der Waals surface area contributed by atoms with E-state index in [9.17, 15) is 4.79 Å². The molecule has 0 fully saturated rings. The highest BCUT2D eigenvalue weighted by molar-refractivity contribution is 9.11. The van der Waals surface area contributed by atoms with E-state index in [-0.39, 0.29) is 18.2 Å². The van der Waals surface area contributed by atoms with E-state index in [4.69, 9.17) is 21.7 Å². The third-order valence-corrected chi connectivity index (χ3v) is 5.56. The molecule has 0 radical (unpaired) electrons. The van der Waals surface area contributed by atoms with Gasteiger partial charge in [-0.1, -0.05) is 51.8 Å². The summed E-state index contributed by atoms with van der Waals surface area (Å²) in [6.07, 6.45) is 11.5. The highest BCUT2D eigenvalue weighted by atomic mass is 79.9. The number of ether oxygens (including phenoxy) is 1. The zero-order chi connectivity index (χ0) is 18.4. The summed E-state index contributed by atoms with van der Waals surface area (Å²) in [6.45, 7) is 1.82. The lowest BCUT2D eigenvalue weighted by molar-refractivity contribution is 0.137. The molecule has 2 rings (SSSR count). The largest absolute Gasteiger partial charge is 0.449 e. The molecular weight excluding hydrogens is 424 g/mol. The zero-order valence-corrected chi connectivity index (χ0v) is 17.2. The number of nitrogens with one attached hydrogen (secondary N) is 2. The van der Waals surface area contributed by atoms with Gasteiger partial charge in [0.15, 0.2) is 4.91 Å². The molecule has 25 heavy (non-hydrogen) atoms. The molecule has 0 aromatic heterocycles. The van der Waals surface area contributed by atoms with Crippen LogP contribution < -0.4 is 5.32 Å². The molecule has 1 amide bonds. The molecule has 134 valence electrons. The van der Waals surface area contributed by atoms with Gasteiger partial charge < -0.3 is 10.1 Å². The van der Waals surface area contributed by atoms with E-state index in [0.29, 0.717) is 15.6 Å². The molecule has 0 spiro atoms. The van der Waals surface area contributed by atoms with E-state index < -0.39 is 6.09 Å². The summed E-state index contributed by atoms with van der Waals surface area (Å²) in [5.41, 5.74) is 1.67. The van der Waals surface area contributed by atoms with Gasteiger partial charge >= 0.3 is 6.09 Å². The predicted octanol–water partition coefficient (Wildman–Crippen LogP) is 4.67. The monoisotopic (exact) mass is 443 g/mol. The summed E-state index contributed by atoms with van der Waals surface area (Å²) < 4.78 is 6.41. The quantitative estimate of drug-likeness (QED) is 0.478. The Kier molecular flexibility index (Phi) is 7.59. The van der Waals surface area contributed by atoms with Gasteiger partial charge in [0.25, 0.3) is 0 Å². The molecule has 1 atom stereocenters. The van der Waals surface area contributed by atoms with Crippen LogP contribution in [-0.2, 0) is 17.4 Å². The van der Waals surface area contributed by atoms with E-state index in [0.717, 1.165) is 29.3 Å². The lowest BCUT2D eigenvalue weighted by Gasteiger charge is -2.18. The number of amides is 1. The number of hydrogen-bond acceptors (Lipinski definition) is 3. The zero-order valence-electron chi connectivity index (χ0n) is 13.9. The maximum absolute atomic E-state index is 12.1. The second-order valence-corrected chi connectivity index (χ2v) is 7.77. The van der Waals surface area contributed by atoms with Gasteiger partial charge in [0, 0.05) is 16.5 Å². The first-order chi connectivity index (χ1) is 11.9. The van der Waals surface area contributed by atoms with E-state index in [1.807, 2.05) is 30.4 Å². The molecule has 0 saturated heterocycles. The van der Waals surface area contributed by atoms with E-state index in [1.165, 1.54) is 0 Å². The van der Waals surface area contributed by atoms with Crippen LogP contribution in [0.25, 0.3) is 0 Å². The minimum atomic E-state index is -0.593. The summed E-state index contributed by atoms with van der Waals surface area (Å²) in [5, 5.41) is 11.3. The molecule has 2 aliphatic carbocycles. The standard InChI is InChI=1S/C18H20BrClN2O2S/c1-11(21)16(17(25)12-6-8-14(19)9-7-12)22-18(23)24-10-13-4-2-3-5-15(13)20/h2-3,5-6,8,13,21,25H,4,7,9-10H2,1H3,(H,22,23)/p+1/b17-16+,21-11?. The number of allylic oxidation sites excluding steroid dienone is 8. The number of alkyl carbamates (subject to hydrolysis) is 1. The molecule has 1 unspecified atom stereocenters. The molecule has 4 nitrogen and oxygen atoms in total. The molecule has 0 bridgehead atoms. The molecule has 0 aromatic rings. The van der Waals surface area contributed by atoms with E-state index in [1.54, 1.807) is 6.92 Å². The summed E-state index contributed by atoms with van der Waals surface area (Å²) in [4.78, 5) is 12.8. The number of hydrogen-bond donors (Lipinski definition) is 2. The first kappa shape index (κ1) is 20.1. The van der Waals surface area contributed by atoms with Gasteiger partial charge in [-0.25, -0.2) is 4.79 Å². The maximum atomic E-state index is 12.1. The summed E-state index contributed by atoms with van der Waals surface area (Å²) in [7, 11) is 0. The van der Waals surface area contributed by atoms with Crippen LogP contribution in [0.4, 0.5) is 4.79 Å². The Morgan fingerprint density at radius 2 is 2.20 bits per heavy atom. The Morgan fingerprint density at radius 3 is 2.80 bits per heavy atom. The molecule has 0 saturated carbocycles. The van der Waals surface area contributed by atoms with Gasteiger partial charge in [0.2, 0.25) is 0 Å². The Hall–Kier alpha value is -1.24. The molecule has 0 aliphatic heterocycles. The van der Waals surface area contributed by atoms with Crippen LogP contribution in [0.2, 0.25) is 0 Å². The van der Waals surface area contributed by atoms with Crippen molar-refractivity contribution in [2.24, 2.45) is 5.92 Å². The second-order valence-electron chi connectivity index (χ2n) is 5.82. The summed E-state index contributed by atoms with van der Waals surface area (Å²) in [5.74, 6) is -0.0163. The fourth-order valence-electron chi connectivity index (χ4n) is 2.44. The van der Waals surface area contributed by atoms with Crippen LogP contribution in [0.3, 0.4) is 0 Å². The van der Waals surface area contributed by atoms with E-state index in [2.05, 4.69) is 33.9 Å². The minimum Gasteiger partial charge on any atom is -0.449 e. The first-order valence-electron chi connectivity index (χ1n) is 7.91. The van der Waals surface area contributed by atoms with Crippen LogP contribution in [-0.4, -0.2) is 18.4 Å². The Morgan fingerprint density at radius 1 is 1.44 bits per heavy atom. The van der Waals surface area contributed by atoms with E-state index >= 15 is 0 Å². The number of carbonyl (C=O) groups is 1. The van der Waals surface area contributed by atoms with Crippen LogP contribution >= 0.6 is 27.5 Å². The van der Waals surface area contributed by atoms with Crippen molar-refractivity contribution >= 4 is 52.0 Å². The van der Waals surface area contributed by atoms with Crippen molar-refractivity contribution in [2.75, 3.05) is 6.61 Å². The minimum absolute atomic E-state index is 0.0163. The highest BCUT2D eigenvalue weighted by Crippen LogP contribution is 2.28. The van der Waals surface area contributed by atoms with Gasteiger partial charge in [0.1, 0.15) is 12.3 Å². The second kappa shape index (κ2) is 9.46. The Bertz CT molecular complexity index is 723. The van der Waals surface area contributed by atoms with Gasteiger partial charge in [0.05, 0.1) is 5.71 Å². The van der Waals surface area contributed by atoms with Crippen LogP contribution in [0.1, 0.15) is 26.2 Å². The van der Waals surface area contributed by atoms with Crippen molar-refractivity contribution in [1.29, 1.82) is 5.41 Å². The normalized spacial score (nSPS) is 20.8. The number of halogens is 2. The topological polar surface area (TPSA) is 62.2 Å². The third-order valence-electron chi connectivity index (χ3n) is 3.89. The predicted molar refractivity (Wildman–Crippen MR) is 111 cm³/mol. The third kappa shape index (κ3) is 5.90. The number of carbonyl (C=O) groups excluding carboxylic acids is 1. The van der Waals surface area contributed by atoms with Crippen molar-refractivity contribution in [3.63, 3.8) is 0 Å². The van der Waals surface area contributed by atoms with Crippen LogP contribution in [0.5, 0.6) is 0 Å². The number of rotatable bonds is 5. The molecular formula is C18H21BrClN2O2S+. The average Bonchev–Trinajstić information content (AvgIpc) is 2.59. The van der Waals surface area contributed by atoms with Gasteiger partial charge in [-0.15, -0.1) is 0 Å². The van der Waals surface area contributed by atoms with Gasteiger partial charge in [-0.05, 0) is 49.4 Å². The molecule has 2 aliphatic rings. The maximum Gasteiger partial charge on any atom is 0.411 e. The molecule has 0 aromatic carbocycles. The molecule has 2 N–H and O–H groups in total. The lowest BCUT2D eigenvalue weighted by Crippen LogP contribution is -2.30. The van der Waals surface area contributed by atoms with Crippen molar-refractivity contribution in [3.05, 3.63) is 56.1 Å². The van der Waals surface area contributed by atoms with Crippen molar-refractivity contribution in [3.8, 4) is 0 Å². The van der Waals surface area contributed by atoms with Crippen LogP contribution in [0.15, 0.2) is 56.1 Å². The Labute approximate surface area is 166 Å². The Balaban J connectivity index is 2.02. The summed E-state index contributed by atoms with van der Waals surface area (Å²) >= 11 is 13.2. The van der Waals surface area contributed by atoms with Crippen LogP contribution in [0, 0.1) is 11.3 Å². The fourth-order valence-corrected chi connectivity index (χ4v) is 3.45. The SMILES string of the molecule is CC(=N)/C(NC(=O)OCC1CC=CC=C1Cl)=C(\[SH2+])C1=CC=C(Br)CC1. The van der Waals surface area contributed by atoms with Gasteiger partial charge in [-0.2, -0.15) is 0 Å². The first-order valence-corrected chi connectivity index (χ1v) is 9.58. The van der Waals surface area contributed by atoms with Crippen molar-refractivity contribution < 1.29 is 9.53 Å². The summed E-state index contributed by atoms with van der Waals surface area (Å²) in [6, 6.07) is 0. The highest BCUT2D eigenvalue weighted by Gasteiger charge is 2.21. The van der Waals surface area contributed by atoms with Gasteiger partial charge in [-0.3, -0.25) is 5.32 Å². The fraction of sp³-hybridized carbons (Fsp3) is 0.333. The molecule has 0 heterocycles. The van der Waals surface area contributed by atoms with Crippen molar-refractivity contribution in [1.82, 2.24) is 5.32 Å². The average molecular weight is 445 g/mol. The lowest BCUT2D eigenvalue weighted by atomic mass is 10.0. The smallest absolute Gasteiger partial charge is 0.411 e. The molecule has 7 heteroatoms. The van der Waals surface area contributed by atoms with Crippen molar-refractivity contribution in [2.45, 2.75) is 26.2 Å².